The minimum Gasteiger partial charge on any atom is -0.278 e. The number of pyridine rings is 1. The van der Waals surface area contributed by atoms with Gasteiger partial charge in [-0.3, -0.25) is 14.7 Å². The number of fused-ring (bicyclic) bond motifs is 1. The lowest BCUT2D eigenvalue weighted by atomic mass is 10.1. The van der Waals surface area contributed by atoms with Crippen LogP contribution in [0.2, 0.25) is 0 Å². The molecule has 1 amide bonds. The summed E-state index contributed by atoms with van der Waals surface area (Å²) in [6, 6.07) is 19.1. The van der Waals surface area contributed by atoms with Crippen molar-refractivity contribution >= 4 is 42.6 Å². The zero-order valence-corrected chi connectivity index (χ0v) is 23.2. The first-order valence-electron chi connectivity index (χ1n) is 12.2. The molecule has 11 heteroatoms. The van der Waals surface area contributed by atoms with Gasteiger partial charge in [0.15, 0.2) is 5.13 Å². The van der Waals surface area contributed by atoms with Gasteiger partial charge in [0, 0.05) is 37.7 Å². The van der Waals surface area contributed by atoms with Crippen LogP contribution in [0.25, 0.3) is 10.2 Å². The topological polar surface area (TPSA) is 131 Å². The van der Waals surface area contributed by atoms with E-state index in [2.05, 4.69) is 11.1 Å². The van der Waals surface area contributed by atoms with Crippen molar-refractivity contribution < 1.29 is 13.2 Å². The van der Waals surface area contributed by atoms with E-state index in [0.29, 0.717) is 10.8 Å². The monoisotopic (exact) mass is 558 g/mol. The number of carbonyl (C=O) groups excluding carboxylic acids is 1. The summed E-state index contributed by atoms with van der Waals surface area (Å²) in [6.45, 7) is 4.20. The van der Waals surface area contributed by atoms with Gasteiger partial charge in [0.25, 0.3) is 5.91 Å². The Hall–Kier alpha value is -4.16. The van der Waals surface area contributed by atoms with Crippen LogP contribution >= 0.6 is 11.3 Å². The number of sulfonamides is 1. The van der Waals surface area contributed by atoms with E-state index in [1.54, 1.807) is 17.2 Å². The molecule has 39 heavy (non-hydrogen) atoms. The Kier molecular flexibility index (Phi) is 8.67. The van der Waals surface area contributed by atoms with Crippen molar-refractivity contribution in [1.82, 2.24) is 14.3 Å². The van der Waals surface area contributed by atoms with Gasteiger partial charge in [-0.05, 0) is 73.5 Å². The number of aryl methyl sites for hydroxylation is 2. The zero-order chi connectivity index (χ0) is 28.0. The number of hydrogen-bond acceptors (Lipinski definition) is 8. The number of benzene rings is 2. The smallest absolute Gasteiger partial charge is 0.260 e. The predicted octanol–water partition coefficient (Wildman–Crippen LogP) is 4.97. The largest absolute Gasteiger partial charge is 0.278 e. The van der Waals surface area contributed by atoms with Gasteiger partial charge in [-0.25, -0.2) is 13.4 Å². The van der Waals surface area contributed by atoms with Crippen LogP contribution in [0.4, 0.5) is 5.13 Å². The summed E-state index contributed by atoms with van der Waals surface area (Å²) >= 11 is 1.41. The van der Waals surface area contributed by atoms with E-state index in [9.17, 15) is 13.2 Å². The van der Waals surface area contributed by atoms with Crippen LogP contribution in [0.15, 0.2) is 65.7 Å². The molecule has 0 unspecified atom stereocenters. The molecule has 0 saturated carbocycles. The molecule has 0 aliphatic rings. The molecule has 0 N–H and O–H groups in total. The maximum absolute atomic E-state index is 13.8. The lowest BCUT2D eigenvalue weighted by Crippen LogP contribution is -2.33. The number of hydrogen-bond donors (Lipinski definition) is 0. The van der Waals surface area contributed by atoms with Crippen molar-refractivity contribution in [2.24, 2.45) is 0 Å². The quantitative estimate of drug-likeness (QED) is 0.268. The summed E-state index contributed by atoms with van der Waals surface area (Å²) in [5.74, 6) is -0.345. The van der Waals surface area contributed by atoms with Gasteiger partial charge in [0.2, 0.25) is 10.0 Å². The number of rotatable bonds is 10. The second kappa shape index (κ2) is 12.1. The standard InChI is InChI=1S/C28H26N6O3S2/c1-20-17-25-26(18-21(20)2)38-28(32-25)34(19-23-7-3-4-14-31-23)27(35)22-8-10-24(11-9-22)39(36,37)33(15-5-12-29)16-6-13-30/h3-4,7-11,14,17-18H,5-6,15-16,19H2,1-2H3. The van der Waals surface area contributed by atoms with Crippen LogP contribution in [-0.2, 0) is 16.6 Å². The van der Waals surface area contributed by atoms with Crippen molar-refractivity contribution in [1.29, 1.82) is 10.5 Å². The van der Waals surface area contributed by atoms with E-state index in [1.165, 1.54) is 35.6 Å². The molecule has 0 aliphatic carbocycles. The van der Waals surface area contributed by atoms with Crippen molar-refractivity contribution in [2.75, 3.05) is 18.0 Å². The van der Waals surface area contributed by atoms with Crippen molar-refractivity contribution in [2.45, 2.75) is 38.1 Å². The number of nitriles is 2. The van der Waals surface area contributed by atoms with Gasteiger partial charge in [-0.15, -0.1) is 0 Å². The third-order valence-corrected chi connectivity index (χ3v) is 9.15. The molecule has 0 radical (unpaired) electrons. The highest BCUT2D eigenvalue weighted by Crippen LogP contribution is 2.32. The minimum absolute atomic E-state index is 0.00489. The predicted molar refractivity (Wildman–Crippen MR) is 150 cm³/mol. The Morgan fingerprint density at radius 3 is 2.26 bits per heavy atom. The average molecular weight is 559 g/mol. The highest BCUT2D eigenvalue weighted by Gasteiger charge is 2.26. The Bertz CT molecular complexity index is 1610. The Labute approximate surface area is 231 Å². The van der Waals surface area contributed by atoms with E-state index in [-0.39, 0.29) is 48.8 Å². The highest BCUT2D eigenvalue weighted by molar-refractivity contribution is 7.89. The van der Waals surface area contributed by atoms with E-state index >= 15 is 0 Å². The highest BCUT2D eigenvalue weighted by atomic mass is 32.2. The average Bonchev–Trinajstić information content (AvgIpc) is 3.34. The first-order chi connectivity index (χ1) is 18.7. The molecule has 4 aromatic rings. The van der Waals surface area contributed by atoms with Crippen LogP contribution in [0.1, 0.15) is 40.0 Å². The number of nitrogens with zero attached hydrogens (tertiary/aromatic N) is 6. The lowest BCUT2D eigenvalue weighted by molar-refractivity contribution is 0.0984. The molecule has 0 atom stereocenters. The fourth-order valence-corrected chi connectivity index (χ4v) is 6.42. The fraction of sp³-hybridized carbons (Fsp3) is 0.250. The van der Waals surface area contributed by atoms with E-state index in [1.807, 2.05) is 44.2 Å². The molecule has 0 saturated heterocycles. The second-order valence-electron chi connectivity index (χ2n) is 8.86. The molecular weight excluding hydrogens is 532 g/mol. The fourth-order valence-electron chi connectivity index (χ4n) is 3.94. The number of aromatic nitrogens is 2. The van der Waals surface area contributed by atoms with Crippen molar-refractivity contribution in [3.63, 3.8) is 0 Å². The van der Waals surface area contributed by atoms with Gasteiger partial charge in [-0.1, -0.05) is 17.4 Å². The van der Waals surface area contributed by atoms with Crippen molar-refractivity contribution in [3.05, 3.63) is 83.2 Å². The van der Waals surface area contributed by atoms with E-state index in [4.69, 9.17) is 15.5 Å². The zero-order valence-electron chi connectivity index (χ0n) is 21.5. The summed E-state index contributed by atoms with van der Waals surface area (Å²) < 4.78 is 28.4. The summed E-state index contributed by atoms with van der Waals surface area (Å²) in [5.41, 5.74) is 4.01. The molecule has 0 spiro atoms. The third-order valence-electron chi connectivity index (χ3n) is 6.20. The first kappa shape index (κ1) is 27.9. The Morgan fingerprint density at radius 1 is 0.974 bits per heavy atom. The van der Waals surface area contributed by atoms with Crippen LogP contribution < -0.4 is 4.90 Å². The maximum Gasteiger partial charge on any atom is 0.260 e. The van der Waals surface area contributed by atoms with Crippen LogP contribution in [0, 0.1) is 36.5 Å². The molecular formula is C28H26N6O3S2. The molecule has 198 valence electrons. The van der Waals surface area contributed by atoms with Crippen molar-refractivity contribution in [3.8, 4) is 12.1 Å². The van der Waals surface area contributed by atoms with Gasteiger partial charge in [0.05, 0.1) is 39.5 Å². The molecule has 0 fully saturated rings. The Balaban J connectivity index is 1.67. The lowest BCUT2D eigenvalue weighted by Gasteiger charge is -2.21. The number of amides is 1. The van der Waals surface area contributed by atoms with Crippen LogP contribution in [-0.4, -0.2) is 41.7 Å². The van der Waals surface area contributed by atoms with Crippen LogP contribution in [0.5, 0.6) is 0 Å². The number of thiazole rings is 1. The SMILES string of the molecule is Cc1cc2nc(N(Cc3ccccn3)C(=O)c3ccc(S(=O)(=O)N(CCC#N)CCC#N)cc3)sc2cc1C. The summed E-state index contributed by atoms with van der Waals surface area (Å²) in [4.78, 5) is 24.4. The summed E-state index contributed by atoms with van der Waals surface area (Å²) in [5, 5.41) is 18.3. The summed E-state index contributed by atoms with van der Waals surface area (Å²) in [6.07, 6.45) is 1.67. The molecule has 9 nitrogen and oxygen atoms in total. The Morgan fingerprint density at radius 2 is 1.64 bits per heavy atom. The summed E-state index contributed by atoms with van der Waals surface area (Å²) in [7, 11) is -3.95. The second-order valence-corrected chi connectivity index (χ2v) is 11.8. The molecule has 4 rings (SSSR count). The molecule has 0 bridgehead atoms. The normalized spacial score (nSPS) is 11.3. The van der Waals surface area contributed by atoms with Crippen LogP contribution in [0.3, 0.4) is 0 Å². The minimum atomic E-state index is -3.95. The molecule has 2 heterocycles. The van der Waals surface area contributed by atoms with Gasteiger partial charge >= 0.3 is 0 Å². The van der Waals surface area contributed by atoms with Gasteiger partial charge < -0.3 is 0 Å². The molecule has 0 aliphatic heterocycles. The maximum atomic E-state index is 13.8. The number of anilines is 1. The van der Waals surface area contributed by atoms with E-state index < -0.39 is 10.0 Å². The third kappa shape index (κ3) is 6.29. The first-order valence-corrected chi connectivity index (χ1v) is 14.4. The van der Waals surface area contributed by atoms with Gasteiger partial charge in [-0.2, -0.15) is 14.8 Å². The number of carbonyl (C=O) groups is 1. The van der Waals surface area contributed by atoms with E-state index in [0.717, 1.165) is 25.6 Å². The molecule has 2 aromatic heterocycles. The molecule has 2 aromatic carbocycles. The van der Waals surface area contributed by atoms with Gasteiger partial charge in [0.1, 0.15) is 0 Å².